The van der Waals surface area contributed by atoms with Gasteiger partial charge in [0, 0.05) is 5.69 Å². The molecule has 0 spiro atoms. The van der Waals surface area contributed by atoms with E-state index >= 15 is 0 Å². The number of aromatic nitrogens is 3. The molecule has 9 heteroatoms. The predicted molar refractivity (Wildman–Crippen MR) is 76.3 cm³/mol. The van der Waals surface area contributed by atoms with Gasteiger partial charge in [-0.1, -0.05) is 12.1 Å². The third-order valence-electron chi connectivity index (χ3n) is 3.01. The van der Waals surface area contributed by atoms with Crippen molar-refractivity contribution in [2.24, 2.45) is 5.14 Å². The monoisotopic (exact) mass is 306 g/mol. The fourth-order valence-electron chi connectivity index (χ4n) is 2.03. The number of primary sulfonamides is 1. The van der Waals surface area contributed by atoms with E-state index in [0.29, 0.717) is 16.8 Å². The van der Waals surface area contributed by atoms with E-state index in [2.05, 4.69) is 15.0 Å². The molecular formula is C12H10N4O4S. The van der Waals surface area contributed by atoms with Crippen molar-refractivity contribution in [3.8, 4) is 11.3 Å². The Labute approximate surface area is 117 Å². The number of rotatable bonds is 2. The number of hydrogen-bond donors (Lipinski definition) is 4. The number of fused-ring (bicyclic) bond motifs is 1. The van der Waals surface area contributed by atoms with Gasteiger partial charge in [0.2, 0.25) is 10.0 Å². The zero-order chi connectivity index (χ0) is 15.2. The van der Waals surface area contributed by atoms with E-state index in [-0.39, 0.29) is 10.4 Å². The van der Waals surface area contributed by atoms with Crippen LogP contribution in [0.25, 0.3) is 22.3 Å². The van der Waals surface area contributed by atoms with Gasteiger partial charge >= 0.3 is 5.69 Å². The first-order valence-corrected chi connectivity index (χ1v) is 7.38. The summed E-state index contributed by atoms with van der Waals surface area (Å²) < 4.78 is 22.4. The summed E-state index contributed by atoms with van der Waals surface area (Å²) in [5.74, 6) is 0. The van der Waals surface area contributed by atoms with Gasteiger partial charge in [-0.05, 0) is 23.8 Å². The summed E-state index contributed by atoms with van der Waals surface area (Å²) in [5, 5.41) is 5.02. The van der Waals surface area contributed by atoms with Crippen LogP contribution in [-0.4, -0.2) is 23.4 Å². The van der Waals surface area contributed by atoms with Crippen LogP contribution in [0.5, 0.6) is 0 Å². The lowest BCUT2D eigenvalue weighted by molar-refractivity contribution is 0.598. The first kappa shape index (κ1) is 13.3. The van der Waals surface area contributed by atoms with E-state index in [1.165, 1.54) is 12.1 Å². The van der Waals surface area contributed by atoms with Gasteiger partial charge in [0.15, 0.2) is 0 Å². The molecule has 21 heavy (non-hydrogen) atoms. The van der Waals surface area contributed by atoms with E-state index in [1.807, 2.05) is 0 Å². The number of hydrogen-bond acceptors (Lipinski definition) is 4. The smallest absolute Gasteiger partial charge is 0.326 e. The SMILES string of the molecule is NS(=O)(=O)c1ccc(-c2cc3[nH]c(=O)[nH]c(=O)c3[nH]2)cc1. The lowest BCUT2D eigenvalue weighted by atomic mass is 10.2. The van der Waals surface area contributed by atoms with Crippen LogP contribution in [0.2, 0.25) is 0 Å². The maximum absolute atomic E-state index is 11.6. The number of sulfonamides is 1. The molecule has 0 aliphatic heterocycles. The Morgan fingerprint density at radius 3 is 2.24 bits per heavy atom. The molecule has 5 N–H and O–H groups in total. The van der Waals surface area contributed by atoms with Crippen LogP contribution < -0.4 is 16.4 Å². The second-order valence-corrected chi connectivity index (χ2v) is 6.01. The van der Waals surface area contributed by atoms with E-state index in [9.17, 15) is 18.0 Å². The maximum atomic E-state index is 11.6. The molecule has 0 atom stereocenters. The second-order valence-electron chi connectivity index (χ2n) is 4.45. The fraction of sp³-hybridized carbons (Fsp3) is 0. The van der Waals surface area contributed by atoms with E-state index in [0.717, 1.165) is 0 Å². The summed E-state index contributed by atoms with van der Waals surface area (Å²) in [4.78, 5) is 30.3. The minimum absolute atomic E-state index is 0.00591. The summed E-state index contributed by atoms with van der Waals surface area (Å²) in [7, 11) is -3.75. The van der Waals surface area contributed by atoms with Crippen molar-refractivity contribution in [1.29, 1.82) is 0 Å². The predicted octanol–water partition coefficient (Wildman–Crippen LogP) is -0.141. The van der Waals surface area contributed by atoms with E-state index < -0.39 is 21.3 Å². The van der Waals surface area contributed by atoms with Crippen LogP contribution >= 0.6 is 0 Å². The average molecular weight is 306 g/mol. The number of nitrogens with two attached hydrogens (primary N) is 1. The molecular weight excluding hydrogens is 296 g/mol. The summed E-state index contributed by atoms with van der Waals surface area (Å²) >= 11 is 0. The molecule has 0 aliphatic rings. The molecule has 0 fully saturated rings. The van der Waals surface area contributed by atoms with Crippen LogP contribution in [0.15, 0.2) is 44.8 Å². The summed E-state index contributed by atoms with van der Waals surface area (Å²) in [6.07, 6.45) is 0. The molecule has 1 aromatic carbocycles. The van der Waals surface area contributed by atoms with Crippen molar-refractivity contribution < 1.29 is 8.42 Å². The number of benzene rings is 1. The Kier molecular flexibility index (Phi) is 2.81. The van der Waals surface area contributed by atoms with Crippen LogP contribution in [-0.2, 0) is 10.0 Å². The molecule has 8 nitrogen and oxygen atoms in total. The lowest BCUT2D eigenvalue weighted by Crippen LogP contribution is -2.21. The van der Waals surface area contributed by atoms with Crippen LogP contribution in [0.1, 0.15) is 0 Å². The van der Waals surface area contributed by atoms with E-state index in [1.54, 1.807) is 18.2 Å². The molecule has 0 bridgehead atoms. The van der Waals surface area contributed by atoms with Gasteiger partial charge in [0.1, 0.15) is 5.52 Å². The number of H-pyrrole nitrogens is 3. The Morgan fingerprint density at radius 2 is 1.62 bits per heavy atom. The zero-order valence-electron chi connectivity index (χ0n) is 10.5. The summed E-state index contributed by atoms with van der Waals surface area (Å²) in [6.45, 7) is 0. The highest BCUT2D eigenvalue weighted by molar-refractivity contribution is 7.89. The first-order chi connectivity index (χ1) is 9.84. The van der Waals surface area contributed by atoms with Crippen LogP contribution in [0, 0.1) is 0 Å². The van der Waals surface area contributed by atoms with Gasteiger partial charge in [-0.25, -0.2) is 18.4 Å². The highest BCUT2D eigenvalue weighted by Gasteiger charge is 2.10. The third-order valence-corrected chi connectivity index (χ3v) is 3.94. The first-order valence-electron chi connectivity index (χ1n) is 5.83. The Hall–Kier alpha value is -2.65. The minimum atomic E-state index is -3.75. The quantitative estimate of drug-likeness (QED) is 0.522. The van der Waals surface area contributed by atoms with Crippen molar-refractivity contribution in [3.63, 3.8) is 0 Å². The maximum Gasteiger partial charge on any atom is 0.326 e. The molecule has 0 unspecified atom stereocenters. The van der Waals surface area contributed by atoms with Gasteiger partial charge in [0.25, 0.3) is 5.56 Å². The van der Waals surface area contributed by atoms with Gasteiger partial charge in [-0.15, -0.1) is 0 Å². The minimum Gasteiger partial charge on any atom is -0.349 e. The Balaban J connectivity index is 2.15. The molecule has 0 saturated heterocycles. The van der Waals surface area contributed by atoms with Gasteiger partial charge in [-0.3, -0.25) is 9.78 Å². The highest BCUT2D eigenvalue weighted by Crippen LogP contribution is 2.22. The average Bonchev–Trinajstić information content (AvgIpc) is 2.82. The zero-order valence-corrected chi connectivity index (χ0v) is 11.3. The Bertz CT molecular complexity index is 1040. The Morgan fingerprint density at radius 1 is 0.952 bits per heavy atom. The standard InChI is InChI=1S/C12H10N4O4S/c13-21(19,20)7-3-1-6(2-4-7)8-5-9-10(14-8)11(17)16-12(18)15-9/h1-5,14H,(H2,13,19,20)(H2,15,16,17,18). The fourth-order valence-corrected chi connectivity index (χ4v) is 2.55. The van der Waals surface area contributed by atoms with Crippen LogP contribution in [0.3, 0.4) is 0 Å². The molecule has 2 heterocycles. The molecule has 0 saturated carbocycles. The van der Waals surface area contributed by atoms with Gasteiger partial charge < -0.3 is 9.97 Å². The lowest BCUT2D eigenvalue weighted by Gasteiger charge is -2.00. The summed E-state index contributed by atoms with van der Waals surface area (Å²) in [5.41, 5.74) is 0.704. The van der Waals surface area contributed by atoms with Crippen molar-refractivity contribution in [2.45, 2.75) is 4.90 Å². The van der Waals surface area contributed by atoms with Crippen molar-refractivity contribution in [2.75, 3.05) is 0 Å². The normalized spacial score (nSPS) is 11.9. The molecule has 2 aromatic heterocycles. The molecule has 0 radical (unpaired) electrons. The number of aromatic amines is 3. The largest absolute Gasteiger partial charge is 0.349 e. The van der Waals surface area contributed by atoms with Crippen molar-refractivity contribution in [3.05, 3.63) is 51.2 Å². The van der Waals surface area contributed by atoms with Crippen molar-refractivity contribution >= 4 is 21.1 Å². The highest BCUT2D eigenvalue weighted by atomic mass is 32.2. The third kappa shape index (κ3) is 2.39. The molecule has 0 amide bonds. The second kappa shape index (κ2) is 4.43. The topological polar surface area (TPSA) is 142 Å². The number of nitrogens with one attached hydrogen (secondary N) is 3. The van der Waals surface area contributed by atoms with Gasteiger partial charge in [0.05, 0.1) is 10.4 Å². The van der Waals surface area contributed by atoms with Crippen molar-refractivity contribution in [1.82, 2.24) is 15.0 Å². The van der Waals surface area contributed by atoms with E-state index in [4.69, 9.17) is 5.14 Å². The molecule has 3 aromatic rings. The van der Waals surface area contributed by atoms with Gasteiger partial charge in [-0.2, -0.15) is 0 Å². The molecule has 108 valence electrons. The molecule has 0 aliphatic carbocycles. The van der Waals surface area contributed by atoms with Crippen LogP contribution in [0.4, 0.5) is 0 Å². The molecule has 3 rings (SSSR count). The summed E-state index contributed by atoms with van der Waals surface area (Å²) in [6, 6.07) is 7.43.